The Hall–Kier alpha value is -1.07. The van der Waals surface area contributed by atoms with Crippen LogP contribution in [0.25, 0.3) is 0 Å². The van der Waals surface area contributed by atoms with Crippen molar-refractivity contribution in [3.63, 3.8) is 0 Å². The first-order chi connectivity index (χ1) is 8.15. The van der Waals surface area contributed by atoms with E-state index in [1.807, 2.05) is 6.08 Å². The fourth-order valence-corrected chi connectivity index (χ4v) is 1.59. The quantitative estimate of drug-likeness (QED) is 0.462. The van der Waals surface area contributed by atoms with Crippen molar-refractivity contribution in [2.24, 2.45) is 0 Å². The third-order valence-electron chi connectivity index (χ3n) is 2.12. The van der Waals surface area contributed by atoms with Crippen LogP contribution in [0.2, 0.25) is 0 Å². The number of ether oxygens (including phenoxy) is 1. The molecule has 94 valence electrons. The van der Waals surface area contributed by atoms with Gasteiger partial charge >= 0.3 is 0 Å². The molecule has 0 bridgehead atoms. The highest BCUT2D eigenvalue weighted by Gasteiger charge is 2.05. The van der Waals surface area contributed by atoms with Crippen molar-refractivity contribution in [1.29, 1.82) is 0 Å². The van der Waals surface area contributed by atoms with Crippen molar-refractivity contribution in [2.45, 2.75) is 6.42 Å². The second-order valence-corrected chi connectivity index (χ2v) is 4.32. The Morgan fingerprint density at radius 1 is 1.47 bits per heavy atom. The summed E-state index contributed by atoms with van der Waals surface area (Å²) < 4.78 is 18.8. The monoisotopic (exact) mass is 302 g/mol. The maximum Gasteiger partial charge on any atom is 0.139 e. The van der Waals surface area contributed by atoms with Crippen LogP contribution in [0.5, 0.6) is 0 Å². The van der Waals surface area contributed by atoms with Crippen molar-refractivity contribution in [3.8, 4) is 0 Å². The first-order valence-corrected chi connectivity index (χ1v) is 6.11. The zero-order chi connectivity index (χ0) is 12.7. The molecule has 0 aliphatic carbocycles. The highest BCUT2D eigenvalue weighted by atomic mass is 79.9. The van der Waals surface area contributed by atoms with Crippen molar-refractivity contribution < 1.29 is 9.13 Å². The van der Waals surface area contributed by atoms with Crippen molar-refractivity contribution in [2.75, 3.05) is 30.8 Å². The predicted molar refractivity (Wildman–Crippen MR) is 72.6 cm³/mol. The third-order valence-corrected chi connectivity index (χ3v) is 2.73. The molecule has 0 atom stereocenters. The Balaban J connectivity index is 2.36. The summed E-state index contributed by atoms with van der Waals surface area (Å²) in [6.45, 7) is 5.46. The summed E-state index contributed by atoms with van der Waals surface area (Å²) in [7, 11) is 0. The number of rotatable bonds is 7. The lowest BCUT2D eigenvalue weighted by Crippen LogP contribution is -2.11. The van der Waals surface area contributed by atoms with Crippen LogP contribution in [0.4, 0.5) is 15.8 Å². The van der Waals surface area contributed by atoms with Gasteiger partial charge in [0.1, 0.15) is 5.82 Å². The summed E-state index contributed by atoms with van der Waals surface area (Å²) in [6.07, 6.45) is 2.65. The van der Waals surface area contributed by atoms with E-state index in [0.29, 0.717) is 35.6 Å². The standard InChI is InChI=1S/C12H16BrFN2O/c1-2-3-5-17-6-4-16-12-7-9(13)10(14)8-11(12)15/h2,7-8,16H,1,3-6,15H2. The molecule has 0 heterocycles. The molecule has 1 aromatic carbocycles. The van der Waals surface area contributed by atoms with E-state index in [9.17, 15) is 4.39 Å². The molecule has 1 aromatic rings. The Morgan fingerprint density at radius 2 is 2.24 bits per heavy atom. The second kappa shape index (κ2) is 7.29. The smallest absolute Gasteiger partial charge is 0.139 e. The maximum atomic E-state index is 13.1. The molecule has 0 aromatic heterocycles. The fraction of sp³-hybridized carbons (Fsp3) is 0.333. The molecule has 0 saturated heterocycles. The van der Waals surface area contributed by atoms with Gasteiger partial charge in [-0.3, -0.25) is 0 Å². The van der Waals surface area contributed by atoms with Gasteiger partial charge in [-0.1, -0.05) is 6.08 Å². The van der Waals surface area contributed by atoms with Gasteiger partial charge in [-0.15, -0.1) is 6.58 Å². The molecule has 0 spiro atoms. The Labute approximate surface area is 109 Å². The zero-order valence-corrected chi connectivity index (χ0v) is 11.1. The lowest BCUT2D eigenvalue weighted by molar-refractivity contribution is 0.149. The predicted octanol–water partition coefficient (Wildman–Crippen LogP) is 3.18. The molecular weight excluding hydrogens is 287 g/mol. The van der Waals surface area contributed by atoms with Crippen molar-refractivity contribution in [3.05, 3.63) is 35.1 Å². The van der Waals surface area contributed by atoms with Crippen molar-refractivity contribution in [1.82, 2.24) is 0 Å². The van der Waals surface area contributed by atoms with Gasteiger partial charge in [0.15, 0.2) is 0 Å². The average Bonchev–Trinajstić information content (AvgIpc) is 2.30. The normalized spacial score (nSPS) is 10.2. The molecule has 0 saturated carbocycles. The van der Waals surface area contributed by atoms with Gasteiger partial charge in [0.2, 0.25) is 0 Å². The van der Waals surface area contributed by atoms with Crippen LogP contribution in [0, 0.1) is 5.82 Å². The number of hydrogen-bond acceptors (Lipinski definition) is 3. The van der Waals surface area contributed by atoms with E-state index >= 15 is 0 Å². The van der Waals surface area contributed by atoms with Crippen LogP contribution in [0.1, 0.15) is 6.42 Å². The lowest BCUT2D eigenvalue weighted by Gasteiger charge is -2.10. The summed E-state index contributed by atoms with van der Waals surface area (Å²) in [5.41, 5.74) is 6.76. The van der Waals surface area contributed by atoms with Gasteiger partial charge in [-0.25, -0.2) is 4.39 Å². The third kappa shape index (κ3) is 4.75. The van der Waals surface area contributed by atoms with E-state index in [2.05, 4.69) is 27.8 Å². The highest BCUT2D eigenvalue weighted by molar-refractivity contribution is 9.10. The SMILES string of the molecule is C=CCCOCCNc1cc(Br)c(F)cc1N. The molecule has 3 nitrogen and oxygen atoms in total. The van der Waals surface area contributed by atoms with Crippen LogP contribution < -0.4 is 11.1 Å². The largest absolute Gasteiger partial charge is 0.397 e. The molecular formula is C12H16BrFN2O. The van der Waals surface area contributed by atoms with E-state index in [1.165, 1.54) is 6.07 Å². The summed E-state index contributed by atoms with van der Waals surface area (Å²) >= 11 is 3.11. The van der Waals surface area contributed by atoms with Crippen LogP contribution in [0.15, 0.2) is 29.3 Å². The van der Waals surface area contributed by atoms with Gasteiger partial charge in [-0.05, 0) is 28.4 Å². The average molecular weight is 303 g/mol. The van der Waals surface area contributed by atoms with Gasteiger partial charge < -0.3 is 15.8 Å². The number of anilines is 2. The minimum absolute atomic E-state index is 0.365. The Bertz CT molecular complexity index is 385. The molecule has 17 heavy (non-hydrogen) atoms. The van der Waals surface area contributed by atoms with Gasteiger partial charge in [0, 0.05) is 12.6 Å². The van der Waals surface area contributed by atoms with Gasteiger partial charge in [0.25, 0.3) is 0 Å². The van der Waals surface area contributed by atoms with Crippen LogP contribution in [0.3, 0.4) is 0 Å². The minimum Gasteiger partial charge on any atom is -0.397 e. The molecule has 0 aliphatic rings. The first kappa shape index (κ1) is 14.0. The maximum absolute atomic E-state index is 13.1. The fourth-order valence-electron chi connectivity index (χ4n) is 1.24. The van der Waals surface area contributed by atoms with Crippen LogP contribution in [-0.4, -0.2) is 19.8 Å². The van der Waals surface area contributed by atoms with Crippen molar-refractivity contribution >= 4 is 27.3 Å². The summed E-state index contributed by atoms with van der Waals surface area (Å²) in [5, 5.41) is 3.09. The minimum atomic E-state index is -0.365. The number of benzene rings is 1. The van der Waals surface area contributed by atoms with Crippen LogP contribution in [-0.2, 0) is 4.74 Å². The van der Waals surface area contributed by atoms with E-state index in [1.54, 1.807) is 6.07 Å². The molecule has 0 aliphatic heterocycles. The van der Waals surface area contributed by atoms with E-state index in [4.69, 9.17) is 10.5 Å². The summed E-state index contributed by atoms with van der Waals surface area (Å²) in [6, 6.07) is 2.90. The van der Waals surface area contributed by atoms with E-state index in [-0.39, 0.29) is 5.82 Å². The van der Waals surface area contributed by atoms with E-state index in [0.717, 1.165) is 6.42 Å². The number of hydrogen-bond donors (Lipinski definition) is 2. The number of nitrogens with one attached hydrogen (secondary N) is 1. The zero-order valence-electron chi connectivity index (χ0n) is 9.51. The number of halogens is 2. The molecule has 0 radical (unpaired) electrons. The topological polar surface area (TPSA) is 47.3 Å². The Morgan fingerprint density at radius 3 is 2.94 bits per heavy atom. The van der Waals surface area contributed by atoms with Gasteiger partial charge in [-0.2, -0.15) is 0 Å². The molecule has 3 N–H and O–H groups in total. The van der Waals surface area contributed by atoms with E-state index < -0.39 is 0 Å². The van der Waals surface area contributed by atoms with Gasteiger partial charge in [0.05, 0.1) is 29.1 Å². The number of nitrogens with two attached hydrogens (primary N) is 1. The lowest BCUT2D eigenvalue weighted by atomic mass is 10.2. The molecule has 0 amide bonds. The summed E-state index contributed by atoms with van der Waals surface area (Å²) in [4.78, 5) is 0. The number of nitrogen functional groups attached to an aromatic ring is 1. The Kier molecular flexibility index (Phi) is 6.00. The molecule has 0 unspecified atom stereocenters. The highest BCUT2D eigenvalue weighted by Crippen LogP contribution is 2.26. The molecule has 1 rings (SSSR count). The first-order valence-electron chi connectivity index (χ1n) is 5.32. The van der Waals surface area contributed by atoms with Crippen LogP contribution >= 0.6 is 15.9 Å². The molecule has 5 heteroatoms. The summed E-state index contributed by atoms with van der Waals surface area (Å²) in [5.74, 6) is -0.365. The second-order valence-electron chi connectivity index (χ2n) is 3.47. The molecule has 0 fully saturated rings.